The van der Waals surface area contributed by atoms with Gasteiger partial charge in [-0.3, -0.25) is 4.79 Å². The third-order valence-electron chi connectivity index (χ3n) is 2.63. The highest BCUT2D eigenvalue weighted by Crippen LogP contribution is 2.14. The Labute approximate surface area is 117 Å². The molecule has 0 bridgehead atoms. The van der Waals surface area contributed by atoms with E-state index >= 15 is 0 Å². The van der Waals surface area contributed by atoms with Gasteiger partial charge in [-0.1, -0.05) is 12.1 Å². The van der Waals surface area contributed by atoms with E-state index < -0.39 is 6.61 Å². The van der Waals surface area contributed by atoms with Gasteiger partial charge in [0.1, 0.15) is 5.75 Å². The molecule has 0 heterocycles. The molecule has 0 fully saturated rings. The average Bonchev–Trinajstić information content (AvgIpc) is 2.34. The van der Waals surface area contributed by atoms with Crippen LogP contribution in [0.25, 0.3) is 0 Å². The summed E-state index contributed by atoms with van der Waals surface area (Å²) in [7, 11) is 0. The smallest absolute Gasteiger partial charge is 0.387 e. The van der Waals surface area contributed by atoms with Gasteiger partial charge in [-0.05, 0) is 38.0 Å². The topological polar surface area (TPSA) is 64.4 Å². The summed E-state index contributed by atoms with van der Waals surface area (Å²) in [4.78, 5) is 11.6. The lowest BCUT2D eigenvalue weighted by atomic mass is 10.00. The Morgan fingerprint density at radius 1 is 1.35 bits per heavy atom. The van der Waals surface area contributed by atoms with Gasteiger partial charge in [0.15, 0.2) is 0 Å². The van der Waals surface area contributed by atoms with Gasteiger partial charge in [-0.15, -0.1) is 0 Å². The summed E-state index contributed by atoms with van der Waals surface area (Å²) < 4.78 is 28.2. The van der Waals surface area contributed by atoms with Crippen molar-refractivity contribution in [3.63, 3.8) is 0 Å². The first-order chi connectivity index (χ1) is 9.26. The van der Waals surface area contributed by atoms with Crippen molar-refractivity contribution in [2.45, 2.75) is 45.4 Å². The van der Waals surface area contributed by atoms with Gasteiger partial charge in [-0.2, -0.15) is 8.78 Å². The third kappa shape index (κ3) is 7.04. The van der Waals surface area contributed by atoms with Crippen molar-refractivity contribution >= 4 is 5.91 Å². The van der Waals surface area contributed by atoms with E-state index in [4.69, 9.17) is 5.73 Å². The SMILES string of the molecule is CC(C)(N)CCC(=O)NCc1ccc(OC(F)F)cc1. The van der Waals surface area contributed by atoms with Crippen molar-refractivity contribution in [1.29, 1.82) is 0 Å². The van der Waals surface area contributed by atoms with Crippen LogP contribution in [0, 0.1) is 0 Å². The Hall–Kier alpha value is -1.69. The highest BCUT2D eigenvalue weighted by atomic mass is 19.3. The van der Waals surface area contributed by atoms with E-state index in [1.54, 1.807) is 12.1 Å². The fourth-order valence-corrected chi connectivity index (χ4v) is 1.51. The number of benzene rings is 1. The zero-order valence-electron chi connectivity index (χ0n) is 11.7. The Balaban J connectivity index is 2.36. The van der Waals surface area contributed by atoms with E-state index in [2.05, 4.69) is 10.1 Å². The molecule has 112 valence electrons. The summed E-state index contributed by atoms with van der Waals surface area (Å²) in [5, 5.41) is 2.75. The van der Waals surface area contributed by atoms with E-state index in [0.29, 0.717) is 19.4 Å². The number of rotatable bonds is 7. The molecular weight excluding hydrogens is 266 g/mol. The maximum absolute atomic E-state index is 12.0. The van der Waals surface area contributed by atoms with E-state index in [1.165, 1.54) is 12.1 Å². The number of nitrogens with one attached hydrogen (secondary N) is 1. The maximum atomic E-state index is 12.0. The molecule has 0 aliphatic heterocycles. The van der Waals surface area contributed by atoms with Gasteiger partial charge in [-0.25, -0.2) is 0 Å². The zero-order valence-corrected chi connectivity index (χ0v) is 11.7. The van der Waals surface area contributed by atoms with Crippen LogP contribution in [-0.2, 0) is 11.3 Å². The second kappa shape index (κ2) is 7.19. The summed E-state index contributed by atoms with van der Waals surface area (Å²) in [5.74, 6) is 0.0105. The van der Waals surface area contributed by atoms with Gasteiger partial charge in [0, 0.05) is 18.5 Å². The molecule has 0 unspecified atom stereocenters. The molecule has 0 saturated heterocycles. The van der Waals surface area contributed by atoms with Crippen LogP contribution >= 0.6 is 0 Å². The van der Waals surface area contributed by atoms with Crippen LogP contribution in [0.4, 0.5) is 8.78 Å². The Kier molecular flexibility index (Phi) is 5.88. The summed E-state index contributed by atoms with van der Waals surface area (Å²) in [6, 6.07) is 6.14. The summed E-state index contributed by atoms with van der Waals surface area (Å²) in [6.07, 6.45) is 0.954. The monoisotopic (exact) mass is 286 g/mol. The van der Waals surface area contributed by atoms with Crippen LogP contribution in [0.3, 0.4) is 0 Å². The van der Waals surface area contributed by atoms with Gasteiger partial charge < -0.3 is 15.8 Å². The highest BCUT2D eigenvalue weighted by molar-refractivity contribution is 5.75. The Morgan fingerprint density at radius 2 is 1.95 bits per heavy atom. The van der Waals surface area contributed by atoms with Crippen LogP contribution in [-0.4, -0.2) is 18.1 Å². The molecule has 1 amide bonds. The second-order valence-corrected chi connectivity index (χ2v) is 5.29. The fraction of sp³-hybridized carbons (Fsp3) is 0.500. The summed E-state index contributed by atoms with van der Waals surface area (Å²) in [5.41, 5.74) is 6.23. The molecule has 3 N–H and O–H groups in total. The highest BCUT2D eigenvalue weighted by Gasteiger charge is 2.13. The standard InChI is InChI=1S/C14H20F2N2O2/c1-14(2,17)8-7-12(19)18-9-10-3-5-11(6-4-10)20-13(15)16/h3-6,13H,7-9,17H2,1-2H3,(H,18,19). The Morgan fingerprint density at radius 3 is 2.45 bits per heavy atom. The second-order valence-electron chi connectivity index (χ2n) is 5.29. The number of alkyl halides is 2. The van der Waals surface area contributed by atoms with Crippen LogP contribution in [0.1, 0.15) is 32.3 Å². The molecule has 4 nitrogen and oxygen atoms in total. The molecule has 0 aliphatic carbocycles. The van der Waals surface area contributed by atoms with Crippen LogP contribution in [0.2, 0.25) is 0 Å². The number of halogens is 2. The Bertz CT molecular complexity index is 428. The molecule has 20 heavy (non-hydrogen) atoms. The number of ether oxygens (including phenoxy) is 1. The quantitative estimate of drug-likeness (QED) is 0.809. The number of hydrogen-bond donors (Lipinski definition) is 2. The number of hydrogen-bond acceptors (Lipinski definition) is 3. The minimum absolute atomic E-state index is 0.0866. The lowest BCUT2D eigenvalue weighted by Crippen LogP contribution is -2.34. The number of amides is 1. The molecule has 0 spiro atoms. The molecule has 0 aliphatic rings. The first-order valence-electron chi connectivity index (χ1n) is 6.35. The number of carbonyl (C=O) groups is 1. The molecule has 1 rings (SSSR count). The zero-order chi connectivity index (χ0) is 15.2. The van der Waals surface area contributed by atoms with Crippen molar-refractivity contribution in [3.05, 3.63) is 29.8 Å². The predicted octanol–water partition coefficient (Wildman–Crippen LogP) is 2.42. The molecular formula is C14H20F2N2O2. The molecule has 0 saturated carbocycles. The predicted molar refractivity (Wildman–Crippen MR) is 72.4 cm³/mol. The van der Waals surface area contributed by atoms with Crippen molar-refractivity contribution in [1.82, 2.24) is 5.32 Å². The largest absolute Gasteiger partial charge is 0.435 e. The van der Waals surface area contributed by atoms with Crippen molar-refractivity contribution < 1.29 is 18.3 Å². The molecule has 1 aromatic rings. The van der Waals surface area contributed by atoms with E-state index in [0.717, 1.165) is 5.56 Å². The minimum atomic E-state index is -2.83. The first-order valence-corrected chi connectivity index (χ1v) is 6.35. The lowest BCUT2D eigenvalue weighted by Gasteiger charge is -2.17. The normalized spacial score (nSPS) is 11.5. The van der Waals surface area contributed by atoms with Crippen LogP contribution in [0.5, 0.6) is 5.75 Å². The average molecular weight is 286 g/mol. The van der Waals surface area contributed by atoms with E-state index in [9.17, 15) is 13.6 Å². The molecule has 1 aromatic carbocycles. The van der Waals surface area contributed by atoms with Crippen LogP contribution in [0.15, 0.2) is 24.3 Å². The van der Waals surface area contributed by atoms with Gasteiger partial charge >= 0.3 is 6.61 Å². The third-order valence-corrected chi connectivity index (χ3v) is 2.63. The number of carbonyl (C=O) groups excluding carboxylic acids is 1. The van der Waals surface area contributed by atoms with Gasteiger partial charge in [0.2, 0.25) is 5.91 Å². The van der Waals surface area contributed by atoms with Crippen molar-refractivity contribution in [3.8, 4) is 5.75 Å². The summed E-state index contributed by atoms with van der Waals surface area (Å²) >= 11 is 0. The van der Waals surface area contributed by atoms with Gasteiger partial charge in [0.05, 0.1) is 0 Å². The number of nitrogens with two attached hydrogens (primary N) is 1. The van der Waals surface area contributed by atoms with Crippen molar-refractivity contribution in [2.24, 2.45) is 5.73 Å². The minimum Gasteiger partial charge on any atom is -0.435 e. The lowest BCUT2D eigenvalue weighted by molar-refractivity contribution is -0.121. The fourth-order valence-electron chi connectivity index (χ4n) is 1.51. The first kappa shape index (κ1) is 16.4. The molecule has 0 atom stereocenters. The van der Waals surface area contributed by atoms with E-state index in [-0.39, 0.29) is 17.2 Å². The van der Waals surface area contributed by atoms with E-state index in [1.807, 2.05) is 13.8 Å². The maximum Gasteiger partial charge on any atom is 0.387 e. The summed E-state index contributed by atoms with van der Waals surface area (Å²) in [6.45, 7) is 1.24. The van der Waals surface area contributed by atoms with Crippen molar-refractivity contribution in [2.75, 3.05) is 0 Å². The molecule has 0 aromatic heterocycles. The molecule has 6 heteroatoms. The molecule has 0 radical (unpaired) electrons. The van der Waals surface area contributed by atoms with Gasteiger partial charge in [0.25, 0.3) is 0 Å². The van der Waals surface area contributed by atoms with Crippen LogP contribution < -0.4 is 15.8 Å².